The zero-order valence-electron chi connectivity index (χ0n) is 15.1. The summed E-state index contributed by atoms with van der Waals surface area (Å²) in [5, 5.41) is 3.25. The van der Waals surface area contributed by atoms with Crippen LogP contribution >= 0.6 is 0 Å². The SMILES string of the molecule is NC(=O)CN1CCCC(C(=O)NC2CCCC2Cc2ccc(F)cc2)C1. The molecule has 3 unspecified atom stereocenters. The fourth-order valence-electron chi connectivity index (χ4n) is 4.33. The van der Waals surface area contributed by atoms with Crippen LogP contribution in [0.3, 0.4) is 0 Å². The fraction of sp³-hybridized carbons (Fsp3) is 0.600. The van der Waals surface area contributed by atoms with E-state index in [1.165, 1.54) is 12.1 Å². The van der Waals surface area contributed by atoms with Gasteiger partial charge >= 0.3 is 0 Å². The number of amides is 2. The maximum Gasteiger partial charge on any atom is 0.231 e. The smallest absolute Gasteiger partial charge is 0.231 e. The van der Waals surface area contributed by atoms with Crippen LogP contribution in [0.1, 0.15) is 37.7 Å². The highest BCUT2D eigenvalue weighted by Crippen LogP contribution is 2.29. The zero-order valence-corrected chi connectivity index (χ0v) is 15.1. The number of hydrogen-bond acceptors (Lipinski definition) is 3. The van der Waals surface area contributed by atoms with Gasteiger partial charge in [0.15, 0.2) is 0 Å². The van der Waals surface area contributed by atoms with Crippen LogP contribution in [0.15, 0.2) is 24.3 Å². The molecule has 0 spiro atoms. The van der Waals surface area contributed by atoms with Gasteiger partial charge in [0.05, 0.1) is 12.5 Å². The Morgan fingerprint density at radius 3 is 2.65 bits per heavy atom. The number of likely N-dealkylation sites (tertiary alicyclic amines) is 1. The van der Waals surface area contributed by atoms with Crippen molar-refractivity contribution in [2.24, 2.45) is 17.6 Å². The molecule has 1 heterocycles. The van der Waals surface area contributed by atoms with E-state index in [9.17, 15) is 14.0 Å². The summed E-state index contributed by atoms with van der Waals surface area (Å²) in [5.41, 5.74) is 6.39. The topological polar surface area (TPSA) is 75.4 Å². The lowest BCUT2D eigenvalue weighted by molar-refractivity contribution is -0.129. The van der Waals surface area contributed by atoms with E-state index in [2.05, 4.69) is 5.32 Å². The minimum Gasteiger partial charge on any atom is -0.369 e. The molecule has 0 radical (unpaired) electrons. The van der Waals surface area contributed by atoms with Gasteiger partial charge in [-0.15, -0.1) is 0 Å². The molecule has 1 saturated carbocycles. The molecule has 1 aromatic rings. The zero-order chi connectivity index (χ0) is 18.5. The highest BCUT2D eigenvalue weighted by atomic mass is 19.1. The van der Waals surface area contributed by atoms with Crippen molar-refractivity contribution in [3.05, 3.63) is 35.6 Å². The molecule has 142 valence electrons. The maximum atomic E-state index is 13.1. The maximum absolute atomic E-state index is 13.1. The van der Waals surface area contributed by atoms with E-state index in [-0.39, 0.29) is 36.1 Å². The molecular weight excluding hydrogens is 333 g/mol. The van der Waals surface area contributed by atoms with Crippen LogP contribution in [0.2, 0.25) is 0 Å². The first-order chi connectivity index (χ1) is 12.5. The summed E-state index contributed by atoms with van der Waals surface area (Å²) >= 11 is 0. The number of carbonyl (C=O) groups excluding carboxylic acids is 2. The molecule has 3 rings (SSSR count). The van der Waals surface area contributed by atoms with Gasteiger partial charge in [0.1, 0.15) is 5.82 Å². The molecule has 26 heavy (non-hydrogen) atoms. The third-order valence-electron chi connectivity index (χ3n) is 5.65. The number of nitrogens with zero attached hydrogens (tertiary/aromatic N) is 1. The lowest BCUT2D eigenvalue weighted by Gasteiger charge is -2.32. The third kappa shape index (κ3) is 5.04. The van der Waals surface area contributed by atoms with Crippen LogP contribution in [0, 0.1) is 17.7 Å². The van der Waals surface area contributed by atoms with Gasteiger partial charge < -0.3 is 11.1 Å². The minimum atomic E-state index is -0.346. The molecule has 2 fully saturated rings. The predicted molar refractivity (Wildman–Crippen MR) is 97.7 cm³/mol. The van der Waals surface area contributed by atoms with Crippen molar-refractivity contribution >= 4 is 11.8 Å². The predicted octanol–water partition coefficient (Wildman–Crippen LogP) is 1.85. The lowest BCUT2D eigenvalue weighted by atomic mass is 9.92. The summed E-state index contributed by atoms with van der Waals surface area (Å²) < 4.78 is 13.1. The van der Waals surface area contributed by atoms with E-state index in [0.717, 1.165) is 50.6 Å². The molecule has 6 heteroatoms. The summed E-state index contributed by atoms with van der Waals surface area (Å²) in [7, 11) is 0. The van der Waals surface area contributed by atoms with Crippen molar-refractivity contribution in [2.45, 2.75) is 44.6 Å². The average Bonchev–Trinajstić information content (AvgIpc) is 3.03. The summed E-state index contributed by atoms with van der Waals surface area (Å²) in [4.78, 5) is 25.8. The van der Waals surface area contributed by atoms with Crippen LogP contribution in [-0.2, 0) is 16.0 Å². The largest absolute Gasteiger partial charge is 0.369 e. The molecular formula is C20H28FN3O2. The van der Waals surface area contributed by atoms with E-state index in [4.69, 9.17) is 5.73 Å². The highest BCUT2D eigenvalue weighted by Gasteiger charge is 2.32. The second kappa shape index (κ2) is 8.62. The quantitative estimate of drug-likeness (QED) is 0.812. The number of rotatable bonds is 6. The Kier molecular flexibility index (Phi) is 6.25. The molecule has 5 nitrogen and oxygen atoms in total. The Labute approximate surface area is 154 Å². The molecule has 2 amide bonds. The minimum absolute atomic E-state index is 0.0739. The summed E-state index contributed by atoms with van der Waals surface area (Å²) in [6.07, 6.45) is 5.82. The van der Waals surface area contributed by atoms with Crippen LogP contribution in [0.5, 0.6) is 0 Å². The Bertz CT molecular complexity index is 634. The molecule has 0 aromatic heterocycles. The van der Waals surface area contributed by atoms with Crippen LogP contribution < -0.4 is 11.1 Å². The second-order valence-corrected chi connectivity index (χ2v) is 7.68. The van der Waals surface area contributed by atoms with Crippen molar-refractivity contribution in [1.82, 2.24) is 10.2 Å². The number of benzene rings is 1. The highest BCUT2D eigenvalue weighted by molar-refractivity contribution is 5.80. The number of piperidine rings is 1. The second-order valence-electron chi connectivity index (χ2n) is 7.68. The molecule has 1 saturated heterocycles. The molecule has 1 aromatic carbocycles. The fourth-order valence-corrected chi connectivity index (χ4v) is 4.33. The number of carbonyl (C=O) groups is 2. The van der Waals surface area contributed by atoms with Gasteiger partial charge in [0, 0.05) is 12.6 Å². The van der Waals surface area contributed by atoms with Crippen molar-refractivity contribution in [2.75, 3.05) is 19.6 Å². The molecule has 1 aliphatic heterocycles. The summed E-state index contributed by atoms with van der Waals surface area (Å²) in [5.74, 6) is -0.149. The van der Waals surface area contributed by atoms with Crippen molar-refractivity contribution in [1.29, 1.82) is 0 Å². The van der Waals surface area contributed by atoms with Crippen molar-refractivity contribution in [3.8, 4) is 0 Å². The first kappa shape index (κ1) is 18.8. The van der Waals surface area contributed by atoms with Gasteiger partial charge in [-0.3, -0.25) is 14.5 Å². The first-order valence-electron chi connectivity index (χ1n) is 9.56. The Hall–Kier alpha value is -1.95. The standard InChI is InChI=1S/C20H28FN3O2/c21-17-8-6-14(7-9-17)11-15-3-1-5-18(15)23-20(26)16-4-2-10-24(12-16)13-19(22)25/h6-9,15-16,18H,1-5,10-13H2,(H2,22,25)(H,23,26). The van der Waals surface area contributed by atoms with Gasteiger partial charge in [-0.05, 0) is 62.3 Å². The third-order valence-corrected chi connectivity index (χ3v) is 5.65. The van der Waals surface area contributed by atoms with E-state index >= 15 is 0 Å². The van der Waals surface area contributed by atoms with Gasteiger partial charge in [-0.2, -0.15) is 0 Å². The number of hydrogen-bond donors (Lipinski definition) is 2. The van der Waals surface area contributed by atoms with Crippen LogP contribution in [-0.4, -0.2) is 42.4 Å². The van der Waals surface area contributed by atoms with Crippen LogP contribution in [0.4, 0.5) is 4.39 Å². The number of nitrogens with two attached hydrogens (primary N) is 1. The number of halogens is 1. The summed E-state index contributed by atoms with van der Waals surface area (Å²) in [6, 6.07) is 6.82. The molecule has 2 aliphatic rings. The number of nitrogens with one attached hydrogen (secondary N) is 1. The van der Waals surface area contributed by atoms with Gasteiger partial charge in [0.25, 0.3) is 0 Å². The average molecular weight is 361 g/mol. The molecule has 3 N–H and O–H groups in total. The van der Waals surface area contributed by atoms with Crippen LogP contribution in [0.25, 0.3) is 0 Å². The van der Waals surface area contributed by atoms with Gasteiger partial charge in [-0.25, -0.2) is 4.39 Å². The van der Waals surface area contributed by atoms with E-state index in [0.29, 0.717) is 12.5 Å². The molecule has 0 bridgehead atoms. The van der Waals surface area contributed by atoms with Gasteiger partial charge in [0.2, 0.25) is 11.8 Å². The normalized spacial score (nSPS) is 26.6. The summed E-state index contributed by atoms with van der Waals surface area (Å²) in [6.45, 7) is 1.65. The monoisotopic (exact) mass is 361 g/mol. The first-order valence-corrected chi connectivity index (χ1v) is 9.56. The number of primary amides is 1. The van der Waals surface area contributed by atoms with E-state index in [1.807, 2.05) is 17.0 Å². The Balaban J connectivity index is 1.54. The lowest BCUT2D eigenvalue weighted by Crippen LogP contribution is -2.48. The Morgan fingerprint density at radius 1 is 1.15 bits per heavy atom. The molecule has 3 atom stereocenters. The van der Waals surface area contributed by atoms with Gasteiger partial charge in [-0.1, -0.05) is 18.6 Å². The van der Waals surface area contributed by atoms with Crippen molar-refractivity contribution in [3.63, 3.8) is 0 Å². The van der Waals surface area contributed by atoms with E-state index < -0.39 is 0 Å². The Morgan fingerprint density at radius 2 is 1.92 bits per heavy atom. The van der Waals surface area contributed by atoms with E-state index in [1.54, 1.807) is 0 Å². The molecule has 1 aliphatic carbocycles. The van der Waals surface area contributed by atoms with Crippen molar-refractivity contribution < 1.29 is 14.0 Å².